The van der Waals surface area contributed by atoms with Gasteiger partial charge < -0.3 is 15.0 Å². The summed E-state index contributed by atoms with van der Waals surface area (Å²) >= 11 is 3.35. The number of aryl methyl sites for hydroxylation is 1. The summed E-state index contributed by atoms with van der Waals surface area (Å²) in [5.74, 6) is 0.00641. The third-order valence-electron chi connectivity index (χ3n) is 3.77. The van der Waals surface area contributed by atoms with Gasteiger partial charge in [0.15, 0.2) is 0 Å². The van der Waals surface area contributed by atoms with E-state index in [4.69, 9.17) is 4.74 Å². The van der Waals surface area contributed by atoms with E-state index < -0.39 is 0 Å². The molecule has 1 saturated heterocycles. The minimum Gasteiger partial charge on any atom is -0.383 e. The van der Waals surface area contributed by atoms with Gasteiger partial charge in [0.25, 0.3) is 5.56 Å². The van der Waals surface area contributed by atoms with Crippen LogP contribution in [0.2, 0.25) is 0 Å². The number of anilines is 1. The highest BCUT2D eigenvalue weighted by atomic mass is 79.9. The zero-order valence-electron chi connectivity index (χ0n) is 13.4. The number of ether oxygens (including phenoxy) is 1. The number of halogens is 1. The van der Waals surface area contributed by atoms with Crippen LogP contribution in [-0.2, 0) is 16.6 Å². The smallest absolute Gasteiger partial charge is 0.282 e. The van der Waals surface area contributed by atoms with E-state index in [1.165, 1.54) is 4.68 Å². The van der Waals surface area contributed by atoms with Gasteiger partial charge in [-0.1, -0.05) is 0 Å². The predicted octanol–water partition coefficient (Wildman–Crippen LogP) is -0.573. The van der Waals surface area contributed by atoms with Crippen LogP contribution in [0.3, 0.4) is 0 Å². The van der Waals surface area contributed by atoms with Crippen molar-refractivity contribution in [1.82, 2.24) is 20.0 Å². The highest BCUT2D eigenvalue weighted by Gasteiger charge is 2.21. The van der Waals surface area contributed by atoms with Gasteiger partial charge >= 0.3 is 0 Å². The topological polar surface area (TPSA) is 79.7 Å². The van der Waals surface area contributed by atoms with Gasteiger partial charge in [0.1, 0.15) is 4.47 Å². The van der Waals surface area contributed by atoms with Crippen molar-refractivity contribution in [3.05, 3.63) is 21.0 Å². The molecule has 0 aromatic carbocycles. The molecule has 23 heavy (non-hydrogen) atoms. The number of methoxy groups -OCH3 is 1. The Labute approximate surface area is 143 Å². The van der Waals surface area contributed by atoms with Crippen LogP contribution in [0.5, 0.6) is 0 Å². The van der Waals surface area contributed by atoms with Crippen molar-refractivity contribution in [3.63, 3.8) is 0 Å². The lowest BCUT2D eigenvalue weighted by Crippen LogP contribution is -2.50. The molecule has 1 amide bonds. The monoisotopic (exact) mass is 387 g/mol. The molecule has 1 aromatic heterocycles. The van der Waals surface area contributed by atoms with Crippen LogP contribution in [0.4, 0.5) is 5.69 Å². The van der Waals surface area contributed by atoms with E-state index >= 15 is 0 Å². The second kappa shape index (κ2) is 8.42. The number of carbonyl (C=O) groups is 1. The fourth-order valence-electron chi connectivity index (χ4n) is 2.42. The molecule has 0 spiro atoms. The molecule has 9 heteroatoms. The van der Waals surface area contributed by atoms with E-state index in [1.54, 1.807) is 20.4 Å². The Balaban J connectivity index is 1.86. The summed E-state index contributed by atoms with van der Waals surface area (Å²) < 4.78 is 6.73. The third kappa shape index (κ3) is 4.76. The maximum atomic E-state index is 11.9. The van der Waals surface area contributed by atoms with Gasteiger partial charge in [-0.25, -0.2) is 4.68 Å². The highest BCUT2D eigenvalue weighted by Crippen LogP contribution is 2.22. The normalized spacial score (nSPS) is 15.7. The zero-order valence-corrected chi connectivity index (χ0v) is 15.0. The molecule has 0 atom stereocenters. The van der Waals surface area contributed by atoms with Crippen molar-refractivity contribution >= 4 is 27.5 Å². The Morgan fingerprint density at radius 2 is 2.09 bits per heavy atom. The molecule has 2 heterocycles. The lowest BCUT2D eigenvalue weighted by Gasteiger charge is -2.35. The van der Waals surface area contributed by atoms with E-state index in [0.717, 1.165) is 31.9 Å². The molecular formula is C14H22BrN5O3. The number of nitrogens with zero attached hydrogens (tertiary/aromatic N) is 4. The van der Waals surface area contributed by atoms with Gasteiger partial charge in [-0.3, -0.25) is 14.5 Å². The van der Waals surface area contributed by atoms with Crippen LogP contribution in [0.25, 0.3) is 0 Å². The van der Waals surface area contributed by atoms with Crippen LogP contribution in [0.1, 0.15) is 0 Å². The molecule has 1 aliphatic heterocycles. The van der Waals surface area contributed by atoms with Gasteiger partial charge in [-0.15, -0.1) is 0 Å². The standard InChI is InChI=1S/C14H22BrN5O3/c1-18-14(22)13(15)11(9-17-18)20-6-4-19(5-7-20)10-12(21)16-3-8-23-2/h9H,3-8,10H2,1-2H3,(H,16,21). The summed E-state index contributed by atoms with van der Waals surface area (Å²) in [5.41, 5.74) is 0.653. The Morgan fingerprint density at radius 1 is 1.39 bits per heavy atom. The van der Waals surface area contributed by atoms with Crippen molar-refractivity contribution in [2.45, 2.75) is 0 Å². The largest absolute Gasteiger partial charge is 0.383 e. The Hall–Kier alpha value is -1.45. The predicted molar refractivity (Wildman–Crippen MR) is 90.7 cm³/mol. The fourth-order valence-corrected chi connectivity index (χ4v) is 3.03. The van der Waals surface area contributed by atoms with E-state index in [2.05, 4.69) is 36.1 Å². The van der Waals surface area contributed by atoms with Gasteiger partial charge in [0.2, 0.25) is 5.91 Å². The molecule has 0 radical (unpaired) electrons. The number of amides is 1. The number of rotatable bonds is 6. The number of hydrogen-bond donors (Lipinski definition) is 1. The van der Waals surface area contributed by atoms with Gasteiger partial charge in [-0.05, 0) is 15.9 Å². The molecule has 0 aliphatic carbocycles. The third-order valence-corrected chi connectivity index (χ3v) is 4.51. The Morgan fingerprint density at radius 3 is 2.74 bits per heavy atom. The highest BCUT2D eigenvalue weighted by molar-refractivity contribution is 9.10. The van der Waals surface area contributed by atoms with Crippen molar-refractivity contribution in [1.29, 1.82) is 0 Å². The number of nitrogens with one attached hydrogen (secondary N) is 1. The van der Waals surface area contributed by atoms with Crippen molar-refractivity contribution < 1.29 is 9.53 Å². The molecule has 0 bridgehead atoms. The van der Waals surface area contributed by atoms with Crippen LogP contribution in [-0.4, -0.2) is 73.6 Å². The summed E-state index contributed by atoms with van der Waals surface area (Å²) in [4.78, 5) is 27.9. The van der Waals surface area contributed by atoms with E-state index in [-0.39, 0.29) is 11.5 Å². The molecule has 1 aliphatic rings. The number of hydrogen-bond acceptors (Lipinski definition) is 6. The minimum atomic E-state index is -0.151. The average molecular weight is 388 g/mol. The molecule has 0 unspecified atom stereocenters. The summed E-state index contributed by atoms with van der Waals surface area (Å²) in [6.07, 6.45) is 1.69. The van der Waals surface area contributed by atoms with Crippen LogP contribution in [0.15, 0.2) is 15.5 Å². The van der Waals surface area contributed by atoms with Crippen LogP contribution in [0, 0.1) is 0 Å². The SMILES string of the molecule is COCCNC(=O)CN1CCN(c2cnn(C)c(=O)c2Br)CC1. The first-order valence-corrected chi connectivity index (χ1v) is 8.27. The molecule has 1 aromatic rings. The number of carbonyl (C=O) groups excluding carboxylic acids is 1. The van der Waals surface area contributed by atoms with Crippen molar-refractivity contribution in [2.75, 3.05) is 57.9 Å². The van der Waals surface area contributed by atoms with Crippen molar-refractivity contribution in [2.24, 2.45) is 7.05 Å². The molecule has 0 saturated carbocycles. The maximum absolute atomic E-state index is 11.9. The first-order chi connectivity index (χ1) is 11.0. The fraction of sp³-hybridized carbons (Fsp3) is 0.643. The number of piperazine rings is 1. The molecule has 8 nitrogen and oxygen atoms in total. The van der Waals surface area contributed by atoms with Crippen molar-refractivity contribution in [3.8, 4) is 0 Å². The zero-order chi connectivity index (χ0) is 16.8. The van der Waals surface area contributed by atoms with E-state index in [1.807, 2.05) is 0 Å². The van der Waals surface area contributed by atoms with E-state index in [0.29, 0.717) is 24.2 Å². The molecule has 2 rings (SSSR count). The van der Waals surface area contributed by atoms with Gasteiger partial charge in [0.05, 0.1) is 25.0 Å². The Bertz CT molecular complexity index is 599. The lowest BCUT2D eigenvalue weighted by atomic mass is 10.3. The minimum absolute atomic E-state index is 0.00641. The maximum Gasteiger partial charge on any atom is 0.282 e. The first kappa shape index (κ1) is 17.9. The quantitative estimate of drug-likeness (QED) is 0.658. The number of aromatic nitrogens is 2. The first-order valence-electron chi connectivity index (χ1n) is 7.47. The molecule has 1 N–H and O–H groups in total. The molecule has 1 fully saturated rings. The molecule has 128 valence electrons. The summed E-state index contributed by atoms with van der Waals surface area (Å²) in [6, 6.07) is 0. The molecular weight excluding hydrogens is 366 g/mol. The second-order valence-electron chi connectivity index (χ2n) is 5.38. The average Bonchev–Trinajstić information content (AvgIpc) is 2.54. The Kier molecular flexibility index (Phi) is 6.55. The summed E-state index contributed by atoms with van der Waals surface area (Å²) in [5, 5.41) is 6.88. The summed E-state index contributed by atoms with van der Waals surface area (Å²) in [6.45, 7) is 4.45. The van der Waals surface area contributed by atoms with Gasteiger partial charge in [-0.2, -0.15) is 5.10 Å². The van der Waals surface area contributed by atoms with Crippen LogP contribution < -0.4 is 15.8 Å². The van der Waals surface area contributed by atoms with Gasteiger partial charge in [0, 0.05) is 46.9 Å². The van der Waals surface area contributed by atoms with E-state index in [9.17, 15) is 9.59 Å². The summed E-state index contributed by atoms with van der Waals surface area (Å²) in [7, 11) is 3.23. The lowest BCUT2D eigenvalue weighted by molar-refractivity contribution is -0.122. The van der Waals surface area contributed by atoms with Crippen LogP contribution >= 0.6 is 15.9 Å². The second-order valence-corrected chi connectivity index (χ2v) is 6.17.